The van der Waals surface area contributed by atoms with Crippen LogP contribution in [0, 0.1) is 11.8 Å². The molecule has 0 saturated heterocycles. The van der Waals surface area contributed by atoms with Crippen LogP contribution in [0.5, 0.6) is 0 Å². The zero-order valence-corrected chi connectivity index (χ0v) is 26.6. The summed E-state index contributed by atoms with van der Waals surface area (Å²) in [6.45, 7) is 2.71. The highest BCUT2D eigenvalue weighted by molar-refractivity contribution is 5.87. The summed E-state index contributed by atoms with van der Waals surface area (Å²) in [5, 5.41) is 27.1. The Morgan fingerprint density at radius 3 is 1.02 bits per heavy atom. The number of hydrogen-bond donors (Lipinski definition) is 3. The Balaban J connectivity index is 0.000000928. The molecule has 0 aromatic rings. The van der Waals surface area contributed by atoms with Crippen molar-refractivity contribution < 1.29 is 29.6 Å². The predicted molar refractivity (Wildman–Crippen MR) is 171 cm³/mol. The molecule has 3 aliphatic rings. The van der Waals surface area contributed by atoms with Gasteiger partial charge in [0.1, 0.15) is 6.10 Å². The van der Waals surface area contributed by atoms with E-state index in [0.29, 0.717) is 11.8 Å². The lowest BCUT2D eigenvalue weighted by Gasteiger charge is -2.30. The number of rotatable bonds is 5. The van der Waals surface area contributed by atoms with Crippen molar-refractivity contribution in [3.8, 4) is 0 Å². The molecular weight excluding hydrogens is 528 g/mol. The van der Waals surface area contributed by atoms with Gasteiger partial charge in [-0.1, -0.05) is 122 Å². The van der Waals surface area contributed by atoms with Crippen molar-refractivity contribution in [2.45, 2.75) is 179 Å². The van der Waals surface area contributed by atoms with Crippen molar-refractivity contribution in [1.29, 1.82) is 0 Å². The zero-order chi connectivity index (χ0) is 30.4. The van der Waals surface area contributed by atoms with Crippen molar-refractivity contribution in [3.05, 3.63) is 23.7 Å². The summed E-state index contributed by atoms with van der Waals surface area (Å²) in [6.07, 6.45) is 33.3. The van der Waals surface area contributed by atoms with Crippen LogP contribution in [0.25, 0.3) is 0 Å². The molecule has 0 unspecified atom stereocenters. The van der Waals surface area contributed by atoms with Gasteiger partial charge in [-0.05, 0) is 75.4 Å². The fourth-order valence-corrected chi connectivity index (χ4v) is 7.18. The first-order valence-corrected chi connectivity index (χ1v) is 17.6. The van der Waals surface area contributed by atoms with Gasteiger partial charge in [-0.2, -0.15) is 0 Å². The number of aliphatic carboxylic acids is 1. The van der Waals surface area contributed by atoms with Crippen LogP contribution in [0.15, 0.2) is 23.7 Å². The van der Waals surface area contributed by atoms with Gasteiger partial charge >= 0.3 is 11.9 Å². The molecule has 0 amide bonds. The number of allylic oxidation sites excluding steroid dienone is 1. The molecule has 0 bridgehead atoms. The summed E-state index contributed by atoms with van der Waals surface area (Å²) in [4.78, 5) is 22.9. The third-order valence-electron chi connectivity index (χ3n) is 9.63. The first kappa shape index (κ1) is 36.2. The molecule has 0 heterocycles. The van der Waals surface area contributed by atoms with Gasteiger partial charge < -0.3 is 20.1 Å². The standard InChI is InChI=1S/C33H58O3.C3H4O3/c34-32(33(35)36-30-26-20-14-8-3-9-15-21-27-30)31(28-22-16-10-4-1-5-11-17-23-28)29-24-18-12-6-2-7-13-19-25-29;1-2(4)3(5)6/h28-30,34H,1-27H2;4H,1H2,(H,5,6). The summed E-state index contributed by atoms with van der Waals surface area (Å²) in [5.41, 5.74) is 1.11. The number of carbonyl (C=O) groups is 2. The van der Waals surface area contributed by atoms with E-state index in [0.717, 1.165) is 56.9 Å². The fraction of sp³-hybridized carbons (Fsp3) is 0.833. The Bertz CT molecular complexity index is 733. The monoisotopic (exact) mass is 590 g/mol. The zero-order valence-electron chi connectivity index (χ0n) is 26.6. The van der Waals surface area contributed by atoms with E-state index in [-0.39, 0.29) is 11.9 Å². The Labute approximate surface area is 256 Å². The summed E-state index contributed by atoms with van der Waals surface area (Å²) < 4.78 is 6.10. The molecule has 3 fully saturated rings. The quantitative estimate of drug-likeness (QED) is 0.167. The molecule has 0 radical (unpaired) electrons. The van der Waals surface area contributed by atoms with Crippen LogP contribution < -0.4 is 0 Å². The first-order valence-electron chi connectivity index (χ1n) is 17.6. The minimum atomic E-state index is -1.38. The molecule has 0 spiro atoms. The SMILES string of the molecule is C=C(O)C(=O)O.O=C(OC1CCCCCCCCC1)C(O)=C(C1CCCCCCCCC1)C1CCCCCCCCC1. The number of carboxylic acid groups (broad SMARTS) is 1. The molecule has 6 nitrogen and oxygen atoms in total. The number of esters is 1. The highest BCUT2D eigenvalue weighted by atomic mass is 16.6. The molecule has 6 heteroatoms. The molecule has 0 atom stereocenters. The number of carbonyl (C=O) groups excluding carboxylic acids is 1. The van der Waals surface area contributed by atoms with Gasteiger partial charge in [0, 0.05) is 0 Å². The van der Waals surface area contributed by atoms with E-state index in [2.05, 4.69) is 6.58 Å². The molecule has 3 aliphatic carbocycles. The van der Waals surface area contributed by atoms with E-state index in [1.807, 2.05) is 0 Å². The van der Waals surface area contributed by atoms with Gasteiger partial charge in [-0.3, -0.25) is 0 Å². The highest BCUT2D eigenvalue weighted by Crippen LogP contribution is 2.39. The average Bonchev–Trinajstić information content (AvgIpc) is 2.99. The Morgan fingerprint density at radius 1 is 0.476 bits per heavy atom. The average molecular weight is 591 g/mol. The maximum absolute atomic E-state index is 13.5. The topological polar surface area (TPSA) is 104 Å². The molecule has 0 aliphatic heterocycles. The maximum atomic E-state index is 13.5. The van der Waals surface area contributed by atoms with E-state index < -0.39 is 17.7 Å². The number of hydrogen-bond acceptors (Lipinski definition) is 5. The van der Waals surface area contributed by atoms with E-state index in [9.17, 15) is 14.7 Å². The van der Waals surface area contributed by atoms with Crippen LogP contribution in [-0.4, -0.2) is 33.4 Å². The van der Waals surface area contributed by atoms with Gasteiger partial charge in [-0.15, -0.1) is 0 Å². The minimum absolute atomic E-state index is 0.0212. The Hall–Kier alpha value is -1.98. The largest absolute Gasteiger partial charge is 0.502 e. The predicted octanol–water partition coefficient (Wildman–Crippen LogP) is 10.7. The number of aliphatic hydroxyl groups excluding tert-OH is 2. The Kier molecular flexibility index (Phi) is 19.4. The Morgan fingerprint density at radius 2 is 0.738 bits per heavy atom. The molecule has 3 saturated carbocycles. The molecule has 0 aromatic heterocycles. The third kappa shape index (κ3) is 15.5. The van der Waals surface area contributed by atoms with Crippen molar-refractivity contribution in [1.82, 2.24) is 0 Å². The second-order valence-electron chi connectivity index (χ2n) is 13.1. The van der Waals surface area contributed by atoms with Crippen LogP contribution in [0.2, 0.25) is 0 Å². The van der Waals surface area contributed by atoms with Crippen LogP contribution in [0.1, 0.15) is 173 Å². The summed E-state index contributed by atoms with van der Waals surface area (Å²) >= 11 is 0. The number of ether oxygens (including phenoxy) is 1. The van der Waals surface area contributed by atoms with E-state index >= 15 is 0 Å². The van der Waals surface area contributed by atoms with Crippen LogP contribution >= 0.6 is 0 Å². The molecule has 0 aromatic carbocycles. The molecule has 3 rings (SSSR count). The van der Waals surface area contributed by atoms with E-state index in [4.69, 9.17) is 14.9 Å². The minimum Gasteiger partial charge on any atom is -0.502 e. The van der Waals surface area contributed by atoms with Crippen molar-refractivity contribution in [2.24, 2.45) is 11.8 Å². The number of aliphatic hydroxyl groups is 2. The molecule has 242 valence electrons. The summed E-state index contributed by atoms with van der Waals surface area (Å²) in [7, 11) is 0. The lowest BCUT2D eigenvalue weighted by Crippen LogP contribution is -2.25. The second-order valence-corrected chi connectivity index (χ2v) is 13.1. The number of carboxylic acids is 1. The van der Waals surface area contributed by atoms with Gasteiger partial charge in [0.2, 0.25) is 5.76 Å². The maximum Gasteiger partial charge on any atom is 0.373 e. The lowest BCUT2D eigenvalue weighted by molar-refractivity contribution is -0.148. The van der Waals surface area contributed by atoms with Crippen LogP contribution in [-0.2, 0) is 14.3 Å². The van der Waals surface area contributed by atoms with E-state index in [1.54, 1.807) is 0 Å². The van der Waals surface area contributed by atoms with Gasteiger partial charge in [-0.25, -0.2) is 9.59 Å². The van der Waals surface area contributed by atoms with Gasteiger partial charge in [0.25, 0.3) is 0 Å². The smallest absolute Gasteiger partial charge is 0.373 e. The van der Waals surface area contributed by atoms with Crippen LogP contribution in [0.4, 0.5) is 0 Å². The molecule has 42 heavy (non-hydrogen) atoms. The third-order valence-corrected chi connectivity index (χ3v) is 9.63. The van der Waals surface area contributed by atoms with E-state index in [1.165, 1.54) is 122 Å². The van der Waals surface area contributed by atoms with Crippen LogP contribution in [0.3, 0.4) is 0 Å². The van der Waals surface area contributed by atoms with Crippen molar-refractivity contribution in [2.75, 3.05) is 0 Å². The molecule has 3 N–H and O–H groups in total. The highest BCUT2D eigenvalue weighted by Gasteiger charge is 2.31. The summed E-state index contributed by atoms with van der Waals surface area (Å²) in [6, 6.07) is 0. The van der Waals surface area contributed by atoms with Gasteiger partial charge in [0.05, 0.1) is 0 Å². The lowest BCUT2D eigenvalue weighted by atomic mass is 9.76. The second kappa shape index (κ2) is 22.5. The van der Waals surface area contributed by atoms with Gasteiger partial charge in [0.15, 0.2) is 5.76 Å². The fourth-order valence-electron chi connectivity index (χ4n) is 7.18. The normalized spacial score (nSPS) is 21.9. The summed E-state index contributed by atoms with van der Waals surface area (Å²) in [5.74, 6) is -1.87. The van der Waals surface area contributed by atoms with Crippen molar-refractivity contribution >= 4 is 11.9 Å². The van der Waals surface area contributed by atoms with Crippen molar-refractivity contribution in [3.63, 3.8) is 0 Å². The molecular formula is C36H62O6. The first-order chi connectivity index (χ1) is 20.4.